The van der Waals surface area contributed by atoms with Gasteiger partial charge in [0.15, 0.2) is 0 Å². The summed E-state index contributed by atoms with van der Waals surface area (Å²) >= 11 is 0. The van der Waals surface area contributed by atoms with Crippen molar-refractivity contribution < 1.29 is 4.42 Å². The van der Waals surface area contributed by atoms with Gasteiger partial charge < -0.3 is 14.2 Å². The lowest BCUT2D eigenvalue weighted by molar-refractivity contribution is 0.669. The van der Waals surface area contributed by atoms with Gasteiger partial charge in [-0.3, -0.25) is 0 Å². The van der Waals surface area contributed by atoms with E-state index in [2.05, 4.69) is 265 Å². The first kappa shape index (κ1) is 38.4. The van der Waals surface area contributed by atoms with Crippen LogP contribution in [0.3, 0.4) is 0 Å². The molecule has 11 aromatic carbocycles. The fraction of sp³-hybridized carbons (Fsp3) is 0.0154. The second-order valence-electron chi connectivity index (χ2n) is 17.9. The second kappa shape index (κ2) is 15.1. The van der Waals surface area contributed by atoms with Gasteiger partial charge in [-0.15, -0.1) is 0 Å². The highest BCUT2D eigenvalue weighted by molar-refractivity contribution is 6.15. The van der Waals surface area contributed by atoms with Gasteiger partial charge >= 0.3 is 0 Å². The quantitative estimate of drug-likeness (QED) is 0.159. The van der Waals surface area contributed by atoms with Crippen LogP contribution in [-0.4, -0.2) is 0 Å². The Bertz CT molecular complexity index is 3880. The number of benzene rings is 11. The summed E-state index contributed by atoms with van der Waals surface area (Å²) in [4.78, 5) is 4.89. The van der Waals surface area contributed by atoms with Gasteiger partial charge in [-0.2, -0.15) is 0 Å². The summed E-state index contributed by atoms with van der Waals surface area (Å²) < 4.78 is 6.63. The monoisotopic (exact) mass is 866 g/mol. The Balaban J connectivity index is 1.08. The van der Waals surface area contributed by atoms with E-state index in [1.54, 1.807) is 0 Å². The predicted octanol–water partition coefficient (Wildman–Crippen LogP) is 17.7. The lowest BCUT2D eigenvalue weighted by Crippen LogP contribution is -2.26. The first-order chi connectivity index (χ1) is 33.8. The summed E-state index contributed by atoms with van der Waals surface area (Å²) in [6.07, 6.45) is 0. The molecule has 0 aliphatic heterocycles. The van der Waals surface area contributed by atoms with Crippen molar-refractivity contribution >= 4 is 66.8 Å². The van der Waals surface area contributed by atoms with Crippen LogP contribution in [-0.2, 0) is 5.41 Å². The maximum absolute atomic E-state index is 6.63. The Morgan fingerprint density at radius 2 is 0.824 bits per heavy atom. The molecule has 14 rings (SSSR count). The largest absolute Gasteiger partial charge is 0.456 e. The van der Waals surface area contributed by atoms with Crippen LogP contribution in [0.25, 0.3) is 66.1 Å². The first-order valence-electron chi connectivity index (χ1n) is 23.4. The number of para-hydroxylation sites is 3. The molecule has 318 valence electrons. The van der Waals surface area contributed by atoms with Crippen LogP contribution in [0.1, 0.15) is 22.3 Å². The third kappa shape index (κ3) is 5.54. The van der Waals surface area contributed by atoms with Crippen LogP contribution < -0.4 is 9.80 Å². The zero-order chi connectivity index (χ0) is 44.8. The predicted molar refractivity (Wildman–Crippen MR) is 282 cm³/mol. The fourth-order valence-electron chi connectivity index (χ4n) is 11.7. The Labute approximate surface area is 395 Å². The third-order valence-electron chi connectivity index (χ3n) is 14.4. The highest BCUT2D eigenvalue weighted by atomic mass is 16.3. The zero-order valence-electron chi connectivity index (χ0n) is 37.1. The van der Waals surface area contributed by atoms with Gasteiger partial charge in [-0.1, -0.05) is 182 Å². The van der Waals surface area contributed by atoms with Gasteiger partial charge in [-0.05, 0) is 134 Å². The summed E-state index contributed by atoms with van der Waals surface area (Å²) in [5.74, 6) is 0. The molecule has 1 heterocycles. The summed E-state index contributed by atoms with van der Waals surface area (Å²) in [6.45, 7) is 0. The average molecular weight is 867 g/mol. The highest BCUT2D eigenvalue weighted by Crippen LogP contribution is 2.64. The summed E-state index contributed by atoms with van der Waals surface area (Å²) in [5, 5.41) is 4.56. The molecule has 0 fully saturated rings. The van der Waals surface area contributed by atoms with E-state index in [9.17, 15) is 0 Å². The lowest BCUT2D eigenvalue weighted by Gasteiger charge is -2.34. The molecule has 0 saturated heterocycles. The molecule has 68 heavy (non-hydrogen) atoms. The van der Waals surface area contributed by atoms with E-state index in [0.717, 1.165) is 61.6 Å². The summed E-state index contributed by atoms with van der Waals surface area (Å²) in [7, 11) is 0. The van der Waals surface area contributed by atoms with Crippen molar-refractivity contribution in [1.29, 1.82) is 0 Å². The number of fused-ring (bicyclic) bond motifs is 14. The van der Waals surface area contributed by atoms with Crippen molar-refractivity contribution in [2.75, 3.05) is 9.80 Å². The minimum absolute atomic E-state index is 0.616. The number of anilines is 6. The van der Waals surface area contributed by atoms with Gasteiger partial charge in [-0.25, -0.2) is 0 Å². The van der Waals surface area contributed by atoms with Gasteiger partial charge in [0.2, 0.25) is 0 Å². The van der Waals surface area contributed by atoms with Crippen LogP contribution in [0, 0.1) is 0 Å². The van der Waals surface area contributed by atoms with Crippen molar-refractivity contribution in [2.24, 2.45) is 0 Å². The first-order valence-corrected chi connectivity index (χ1v) is 23.4. The standard InChI is InChI=1S/C65H42N2O/c1-4-20-44(21-5-1)63-49-26-11-10-19-43(49)35-40-60(63)67(59-32-18-34-62-64(59)54-29-14-17-33-61(54)68-62)48-37-39-53-51-28-13-16-31-56(51)65(58(53)42-48)55-30-15-12-27-50(55)52-38-36-47(41-57(52)65)66(45-22-6-2-7-23-45)46-24-8-3-9-25-46/h1-42H. The molecule has 1 atom stereocenters. The van der Waals surface area contributed by atoms with Crippen LogP contribution in [0.2, 0.25) is 0 Å². The van der Waals surface area contributed by atoms with Gasteiger partial charge in [0.05, 0.1) is 22.2 Å². The zero-order valence-corrected chi connectivity index (χ0v) is 37.1. The van der Waals surface area contributed by atoms with Crippen LogP contribution in [0.5, 0.6) is 0 Å². The molecular formula is C65H42N2O. The molecule has 0 radical (unpaired) electrons. The molecule has 0 saturated carbocycles. The maximum atomic E-state index is 6.63. The Hall–Kier alpha value is -8.92. The van der Waals surface area contributed by atoms with E-state index in [1.807, 2.05) is 0 Å². The number of furan rings is 1. The van der Waals surface area contributed by atoms with E-state index in [0.29, 0.717) is 0 Å². The normalized spacial score (nSPS) is 14.2. The number of hydrogen-bond donors (Lipinski definition) is 0. The number of hydrogen-bond acceptors (Lipinski definition) is 3. The molecular weight excluding hydrogens is 825 g/mol. The molecule has 1 aromatic heterocycles. The van der Waals surface area contributed by atoms with Crippen LogP contribution in [0.15, 0.2) is 259 Å². The second-order valence-corrected chi connectivity index (χ2v) is 17.9. The van der Waals surface area contributed by atoms with E-state index in [-0.39, 0.29) is 0 Å². The Morgan fingerprint density at radius 1 is 0.309 bits per heavy atom. The fourth-order valence-corrected chi connectivity index (χ4v) is 11.7. The van der Waals surface area contributed by atoms with Crippen LogP contribution >= 0.6 is 0 Å². The molecule has 3 nitrogen and oxygen atoms in total. The third-order valence-corrected chi connectivity index (χ3v) is 14.4. The molecule has 1 spiro atoms. The Kier molecular flexibility index (Phi) is 8.50. The summed E-state index contributed by atoms with van der Waals surface area (Å²) in [6, 6.07) is 93.2. The summed E-state index contributed by atoms with van der Waals surface area (Å²) in [5.41, 5.74) is 20.2. The molecule has 3 heteroatoms. The van der Waals surface area contributed by atoms with Gasteiger partial charge in [0.1, 0.15) is 11.2 Å². The minimum Gasteiger partial charge on any atom is -0.456 e. The average Bonchev–Trinajstić information content (AvgIpc) is 4.04. The topological polar surface area (TPSA) is 19.6 Å². The smallest absolute Gasteiger partial charge is 0.137 e. The van der Waals surface area contributed by atoms with Gasteiger partial charge in [0.25, 0.3) is 0 Å². The van der Waals surface area contributed by atoms with E-state index in [1.165, 1.54) is 60.8 Å². The molecule has 12 aromatic rings. The minimum atomic E-state index is -0.616. The van der Waals surface area contributed by atoms with Crippen molar-refractivity contribution in [2.45, 2.75) is 5.41 Å². The van der Waals surface area contributed by atoms with E-state index >= 15 is 0 Å². The van der Waals surface area contributed by atoms with Crippen molar-refractivity contribution in [3.05, 3.63) is 277 Å². The number of nitrogens with zero attached hydrogens (tertiary/aromatic N) is 2. The van der Waals surface area contributed by atoms with E-state index < -0.39 is 5.41 Å². The van der Waals surface area contributed by atoms with Crippen LogP contribution in [0.4, 0.5) is 34.1 Å². The van der Waals surface area contributed by atoms with Gasteiger partial charge in [0, 0.05) is 33.7 Å². The maximum Gasteiger partial charge on any atom is 0.137 e. The number of rotatable bonds is 7. The lowest BCUT2D eigenvalue weighted by atomic mass is 9.70. The SMILES string of the molecule is c1ccc(-c2c(N(c3ccc4c(c3)C3(c5ccccc5-c5ccc(N(c6ccccc6)c6ccccc6)cc53)c3ccccc3-4)c3cccc4oc5ccccc5c34)ccc3ccccc23)cc1. The molecule has 2 aliphatic rings. The van der Waals surface area contributed by atoms with Crippen molar-refractivity contribution in [3.8, 4) is 33.4 Å². The van der Waals surface area contributed by atoms with Crippen molar-refractivity contribution in [1.82, 2.24) is 0 Å². The molecule has 1 unspecified atom stereocenters. The molecule has 2 aliphatic carbocycles. The Morgan fingerprint density at radius 3 is 1.49 bits per heavy atom. The van der Waals surface area contributed by atoms with Crippen molar-refractivity contribution in [3.63, 3.8) is 0 Å². The highest BCUT2D eigenvalue weighted by Gasteiger charge is 2.52. The molecule has 0 amide bonds. The molecule has 0 bridgehead atoms. The molecule has 0 N–H and O–H groups in total. The van der Waals surface area contributed by atoms with E-state index in [4.69, 9.17) is 4.42 Å².